The van der Waals surface area contributed by atoms with Crippen LogP contribution in [0.15, 0.2) is 41.8 Å². The molecule has 1 amide bonds. The number of esters is 1. The van der Waals surface area contributed by atoms with Gasteiger partial charge in [-0.3, -0.25) is 4.79 Å². The predicted molar refractivity (Wildman–Crippen MR) is 90.2 cm³/mol. The second-order valence-corrected chi connectivity index (χ2v) is 5.82. The number of ether oxygens (including phenoxy) is 1. The first-order valence-corrected chi connectivity index (χ1v) is 8.04. The summed E-state index contributed by atoms with van der Waals surface area (Å²) in [4.78, 5) is 27.6. The highest BCUT2D eigenvalue weighted by atomic mass is 32.1. The number of carbonyl (C=O) groups is 2. The molecule has 1 aromatic carbocycles. The Morgan fingerprint density at radius 2 is 2.13 bits per heavy atom. The molecule has 1 heterocycles. The number of anilines is 1. The molecule has 0 unspecified atom stereocenters. The maximum Gasteiger partial charge on any atom is 0.330 e. The Morgan fingerprint density at radius 1 is 1.35 bits per heavy atom. The third kappa shape index (κ3) is 5.34. The van der Waals surface area contributed by atoms with Crippen LogP contribution in [0.3, 0.4) is 0 Å². The standard InChI is InChI=1S/C17H18N2O3S/c1-3-6-17(21)22-10-13-11-23-16(18-13)9-15(20)19-14-8-5-4-7-12(14)2/h3-8,11H,9-10H2,1-2H3,(H,19,20). The molecule has 0 bridgehead atoms. The Balaban J connectivity index is 1.87. The van der Waals surface area contributed by atoms with E-state index in [1.807, 2.05) is 31.2 Å². The summed E-state index contributed by atoms with van der Waals surface area (Å²) in [6.45, 7) is 3.80. The van der Waals surface area contributed by atoms with E-state index in [2.05, 4.69) is 10.3 Å². The van der Waals surface area contributed by atoms with E-state index in [0.29, 0.717) is 10.7 Å². The van der Waals surface area contributed by atoms with Gasteiger partial charge in [0.05, 0.1) is 12.1 Å². The molecule has 0 radical (unpaired) electrons. The van der Waals surface area contributed by atoms with Gasteiger partial charge in [-0.2, -0.15) is 0 Å². The highest BCUT2D eigenvalue weighted by Gasteiger charge is 2.10. The molecule has 1 aromatic heterocycles. The van der Waals surface area contributed by atoms with Gasteiger partial charge in [0.1, 0.15) is 11.6 Å². The van der Waals surface area contributed by atoms with Crippen LogP contribution >= 0.6 is 11.3 Å². The molecule has 0 aliphatic carbocycles. The van der Waals surface area contributed by atoms with E-state index in [1.54, 1.807) is 18.4 Å². The second-order valence-electron chi connectivity index (χ2n) is 4.88. The molecule has 0 aliphatic heterocycles. The van der Waals surface area contributed by atoms with Gasteiger partial charge in [0.2, 0.25) is 5.91 Å². The smallest absolute Gasteiger partial charge is 0.330 e. The zero-order chi connectivity index (χ0) is 16.7. The summed E-state index contributed by atoms with van der Waals surface area (Å²) in [5, 5.41) is 5.35. The van der Waals surface area contributed by atoms with Crippen LogP contribution in [0, 0.1) is 6.92 Å². The maximum absolute atomic E-state index is 12.1. The van der Waals surface area contributed by atoms with Crippen molar-refractivity contribution in [3.8, 4) is 0 Å². The fourth-order valence-electron chi connectivity index (χ4n) is 1.87. The van der Waals surface area contributed by atoms with Gasteiger partial charge in [-0.05, 0) is 25.5 Å². The van der Waals surface area contributed by atoms with Crippen LogP contribution in [-0.2, 0) is 27.4 Å². The number of hydrogen-bond donors (Lipinski definition) is 1. The van der Waals surface area contributed by atoms with E-state index in [1.165, 1.54) is 17.4 Å². The average Bonchev–Trinajstić information content (AvgIpc) is 2.95. The number of amides is 1. The van der Waals surface area contributed by atoms with Crippen molar-refractivity contribution in [3.63, 3.8) is 0 Å². The van der Waals surface area contributed by atoms with E-state index in [0.717, 1.165) is 11.3 Å². The molecular formula is C17H18N2O3S. The molecule has 120 valence electrons. The number of aromatic nitrogens is 1. The van der Waals surface area contributed by atoms with Gasteiger partial charge in [0.25, 0.3) is 0 Å². The summed E-state index contributed by atoms with van der Waals surface area (Å²) in [6, 6.07) is 7.60. The first-order valence-electron chi connectivity index (χ1n) is 7.16. The van der Waals surface area contributed by atoms with Gasteiger partial charge in [-0.25, -0.2) is 9.78 Å². The molecule has 2 rings (SSSR count). The minimum atomic E-state index is -0.403. The number of allylic oxidation sites excluding steroid dienone is 1. The minimum absolute atomic E-state index is 0.110. The van der Waals surface area contributed by atoms with E-state index in [-0.39, 0.29) is 18.9 Å². The number of nitrogens with zero attached hydrogens (tertiary/aromatic N) is 1. The Morgan fingerprint density at radius 3 is 2.87 bits per heavy atom. The number of thiazole rings is 1. The topological polar surface area (TPSA) is 68.3 Å². The first-order chi connectivity index (χ1) is 11.1. The SMILES string of the molecule is CC=CC(=O)OCc1csc(CC(=O)Nc2ccccc2C)n1. The molecule has 0 fully saturated rings. The predicted octanol–water partition coefficient (Wildman–Crippen LogP) is 3.25. The number of para-hydroxylation sites is 1. The van der Waals surface area contributed by atoms with E-state index >= 15 is 0 Å². The molecule has 1 N–H and O–H groups in total. The number of hydrogen-bond acceptors (Lipinski definition) is 5. The van der Waals surface area contributed by atoms with E-state index < -0.39 is 5.97 Å². The van der Waals surface area contributed by atoms with Crippen molar-refractivity contribution in [1.29, 1.82) is 0 Å². The fourth-order valence-corrected chi connectivity index (χ4v) is 2.65. The normalized spacial score (nSPS) is 10.7. The summed E-state index contributed by atoms with van der Waals surface area (Å²) in [6.07, 6.45) is 3.16. The summed E-state index contributed by atoms with van der Waals surface area (Å²) in [5.74, 6) is -0.523. The van der Waals surface area contributed by atoms with Crippen LogP contribution in [0.1, 0.15) is 23.2 Å². The molecular weight excluding hydrogens is 312 g/mol. The number of carbonyl (C=O) groups excluding carboxylic acids is 2. The lowest BCUT2D eigenvalue weighted by atomic mass is 10.2. The lowest BCUT2D eigenvalue weighted by molar-refractivity contribution is -0.139. The zero-order valence-corrected chi connectivity index (χ0v) is 13.9. The molecule has 0 saturated carbocycles. The van der Waals surface area contributed by atoms with Gasteiger partial charge in [0, 0.05) is 17.1 Å². The van der Waals surface area contributed by atoms with Gasteiger partial charge in [0.15, 0.2) is 0 Å². The van der Waals surface area contributed by atoms with Crippen molar-refractivity contribution < 1.29 is 14.3 Å². The summed E-state index contributed by atoms with van der Waals surface area (Å²) >= 11 is 1.38. The van der Waals surface area contributed by atoms with Crippen molar-refractivity contribution in [2.75, 3.05) is 5.32 Å². The molecule has 0 spiro atoms. The number of benzene rings is 1. The van der Waals surface area contributed by atoms with Crippen LogP contribution in [0.5, 0.6) is 0 Å². The Hall–Kier alpha value is -2.47. The molecule has 6 heteroatoms. The van der Waals surface area contributed by atoms with Crippen LogP contribution in [0.4, 0.5) is 5.69 Å². The molecule has 0 aliphatic rings. The molecule has 0 atom stereocenters. The third-order valence-electron chi connectivity index (χ3n) is 3.00. The van der Waals surface area contributed by atoms with Gasteiger partial charge in [-0.15, -0.1) is 11.3 Å². The Kier molecular flexibility index (Phi) is 6.05. The highest BCUT2D eigenvalue weighted by molar-refractivity contribution is 7.09. The summed E-state index contributed by atoms with van der Waals surface area (Å²) in [7, 11) is 0. The zero-order valence-electron chi connectivity index (χ0n) is 13.0. The minimum Gasteiger partial charge on any atom is -0.456 e. The van der Waals surface area contributed by atoms with Crippen molar-refractivity contribution in [2.45, 2.75) is 26.9 Å². The first kappa shape index (κ1) is 16.9. The molecule has 2 aromatic rings. The summed E-state index contributed by atoms with van der Waals surface area (Å²) < 4.78 is 5.02. The molecule has 0 saturated heterocycles. The second kappa shape index (κ2) is 8.24. The summed E-state index contributed by atoms with van der Waals surface area (Å²) in [5.41, 5.74) is 2.46. The van der Waals surface area contributed by atoms with Crippen molar-refractivity contribution in [1.82, 2.24) is 4.98 Å². The van der Waals surface area contributed by atoms with Gasteiger partial charge < -0.3 is 10.1 Å². The van der Waals surface area contributed by atoms with E-state index in [9.17, 15) is 9.59 Å². The molecule has 23 heavy (non-hydrogen) atoms. The largest absolute Gasteiger partial charge is 0.456 e. The Bertz CT molecular complexity index is 722. The number of nitrogens with one attached hydrogen (secondary N) is 1. The van der Waals surface area contributed by atoms with Gasteiger partial charge in [-0.1, -0.05) is 24.3 Å². The van der Waals surface area contributed by atoms with Crippen LogP contribution in [0.25, 0.3) is 0 Å². The molecule has 5 nitrogen and oxygen atoms in total. The number of rotatable bonds is 6. The average molecular weight is 330 g/mol. The van der Waals surface area contributed by atoms with Crippen LogP contribution in [-0.4, -0.2) is 16.9 Å². The third-order valence-corrected chi connectivity index (χ3v) is 3.89. The quantitative estimate of drug-likeness (QED) is 0.652. The van der Waals surface area contributed by atoms with E-state index in [4.69, 9.17) is 4.74 Å². The van der Waals surface area contributed by atoms with Gasteiger partial charge >= 0.3 is 5.97 Å². The monoisotopic (exact) mass is 330 g/mol. The van der Waals surface area contributed by atoms with Crippen molar-refractivity contribution in [3.05, 3.63) is 58.1 Å². The highest BCUT2D eigenvalue weighted by Crippen LogP contribution is 2.15. The maximum atomic E-state index is 12.1. The number of aryl methyl sites for hydroxylation is 1. The lowest BCUT2D eigenvalue weighted by Gasteiger charge is -2.06. The van der Waals surface area contributed by atoms with Crippen molar-refractivity contribution >= 4 is 28.9 Å². The van der Waals surface area contributed by atoms with Crippen LogP contribution < -0.4 is 5.32 Å². The van der Waals surface area contributed by atoms with Crippen LogP contribution in [0.2, 0.25) is 0 Å². The lowest BCUT2D eigenvalue weighted by Crippen LogP contribution is -2.15. The van der Waals surface area contributed by atoms with Crippen molar-refractivity contribution in [2.24, 2.45) is 0 Å². The Labute approximate surface area is 139 Å². The fraction of sp³-hybridized carbons (Fsp3) is 0.235.